The zero-order chi connectivity index (χ0) is 15.4. The van der Waals surface area contributed by atoms with E-state index >= 15 is 0 Å². The monoisotopic (exact) mass is 286 g/mol. The van der Waals surface area contributed by atoms with Crippen LogP contribution in [-0.2, 0) is 9.59 Å². The zero-order valence-electron chi connectivity index (χ0n) is 12.6. The molecule has 0 saturated carbocycles. The van der Waals surface area contributed by atoms with Crippen LogP contribution in [0.3, 0.4) is 0 Å². The number of hydrogen-bond donors (Lipinski definition) is 1. The Labute approximate surface area is 125 Å². The van der Waals surface area contributed by atoms with Crippen LogP contribution in [0.4, 0.5) is 0 Å². The van der Waals surface area contributed by atoms with Crippen molar-refractivity contribution in [3.63, 3.8) is 0 Å². The van der Waals surface area contributed by atoms with E-state index in [1.54, 1.807) is 11.0 Å². The van der Waals surface area contributed by atoms with Gasteiger partial charge in [-0.2, -0.15) is 0 Å². The van der Waals surface area contributed by atoms with Crippen molar-refractivity contribution >= 4 is 11.8 Å². The van der Waals surface area contributed by atoms with E-state index in [1.807, 2.05) is 44.2 Å². The van der Waals surface area contributed by atoms with Crippen LogP contribution < -0.4 is 5.32 Å². The van der Waals surface area contributed by atoms with E-state index in [1.165, 1.54) is 0 Å². The Morgan fingerprint density at radius 3 is 2.52 bits per heavy atom. The average molecular weight is 286 g/mol. The number of carbonyl (C=O) groups excluding carboxylic acids is 2. The predicted molar refractivity (Wildman–Crippen MR) is 82.5 cm³/mol. The number of piperazine rings is 1. The lowest BCUT2D eigenvalue weighted by molar-refractivity contribution is -0.150. The lowest BCUT2D eigenvalue weighted by Gasteiger charge is -2.40. The Morgan fingerprint density at radius 2 is 1.95 bits per heavy atom. The Morgan fingerprint density at radius 1 is 1.29 bits per heavy atom. The summed E-state index contributed by atoms with van der Waals surface area (Å²) < 4.78 is 0. The first-order valence-corrected chi connectivity index (χ1v) is 7.33. The molecule has 0 radical (unpaired) electrons. The molecule has 1 aromatic carbocycles. The number of rotatable bonds is 5. The smallest absolute Gasteiger partial charge is 0.248 e. The third-order valence-corrected chi connectivity index (χ3v) is 3.76. The first kappa shape index (κ1) is 15.3. The van der Waals surface area contributed by atoms with Gasteiger partial charge in [-0.05, 0) is 17.9 Å². The van der Waals surface area contributed by atoms with E-state index in [4.69, 9.17) is 0 Å². The Bertz CT molecular complexity index is 525. The second-order valence-corrected chi connectivity index (χ2v) is 5.65. The second-order valence-electron chi connectivity index (χ2n) is 5.65. The number of hydrogen-bond acceptors (Lipinski definition) is 2. The van der Waals surface area contributed by atoms with Crippen LogP contribution in [0.2, 0.25) is 0 Å². The van der Waals surface area contributed by atoms with Gasteiger partial charge in [-0.15, -0.1) is 6.58 Å². The molecule has 0 aromatic heterocycles. The molecule has 1 fully saturated rings. The number of benzene rings is 1. The van der Waals surface area contributed by atoms with Crippen molar-refractivity contribution in [3.8, 4) is 0 Å². The Kier molecular flexibility index (Phi) is 4.78. The highest BCUT2D eigenvalue weighted by atomic mass is 16.2. The van der Waals surface area contributed by atoms with Gasteiger partial charge in [0.15, 0.2) is 0 Å². The fourth-order valence-electron chi connectivity index (χ4n) is 2.63. The number of nitrogens with zero attached hydrogens (tertiary/aromatic N) is 1. The fraction of sp³-hybridized carbons (Fsp3) is 0.412. The number of amides is 2. The highest BCUT2D eigenvalue weighted by Gasteiger charge is 2.41. The highest BCUT2D eigenvalue weighted by molar-refractivity contribution is 5.97. The van der Waals surface area contributed by atoms with Gasteiger partial charge in [0.1, 0.15) is 12.1 Å². The molecule has 2 rings (SSSR count). The molecule has 1 heterocycles. The van der Waals surface area contributed by atoms with Gasteiger partial charge in [0.25, 0.3) is 0 Å². The lowest BCUT2D eigenvalue weighted by atomic mass is 9.94. The molecule has 2 unspecified atom stereocenters. The molecule has 0 spiro atoms. The van der Waals surface area contributed by atoms with Gasteiger partial charge in [0.2, 0.25) is 11.8 Å². The molecule has 1 saturated heterocycles. The van der Waals surface area contributed by atoms with Gasteiger partial charge >= 0.3 is 0 Å². The van der Waals surface area contributed by atoms with Gasteiger partial charge in [-0.3, -0.25) is 9.59 Å². The standard InChI is InChI=1S/C17H22N2O2/c1-4-5-11-19-15(13-9-7-6-8-10-13)16(20)18-14(12(2)3)17(19)21/h4,6-10,12,14-15H,1,5,11H2,2-3H3,(H,18,20). The van der Waals surface area contributed by atoms with Crippen molar-refractivity contribution in [2.24, 2.45) is 5.92 Å². The van der Waals surface area contributed by atoms with Crippen molar-refractivity contribution in [2.75, 3.05) is 6.54 Å². The summed E-state index contributed by atoms with van der Waals surface area (Å²) in [5, 5.41) is 2.86. The summed E-state index contributed by atoms with van der Waals surface area (Å²) >= 11 is 0. The minimum Gasteiger partial charge on any atom is -0.342 e. The van der Waals surface area contributed by atoms with Gasteiger partial charge in [0.05, 0.1) is 0 Å². The van der Waals surface area contributed by atoms with Crippen LogP contribution >= 0.6 is 0 Å². The molecule has 2 amide bonds. The minimum absolute atomic E-state index is 0.0136. The van der Waals surface area contributed by atoms with Crippen LogP contribution in [0, 0.1) is 5.92 Å². The van der Waals surface area contributed by atoms with Crippen LogP contribution in [0.5, 0.6) is 0 Å². The van der Waals surface area contributed by atoms with E-state index in [0.29, 0.717) is 13.0 Å². The first-order valence-electron chi connectivity index (χ1n) is 7.33. The Balaban J connectivity index is 2.35. The Hall–Kier alpha value is -2.10. The molecule has 2 atom stereocenters. The van der Waals surface area contributed by atoms with Crippen LogP contribution in [0.15, 0.2) is 43.0 Å². The van der Waals surface area contributed by atoms with Crippen molar-refractivity contribution in [1.82, 2.24) is 10.2 Å². The van der Waals surface area contributed by atoms with Gasteiger partial charge in [-0.25, -0.2) is 0 Å². The maximum atomic E-state index is 12.7. The predicted octanol–water partition coefficient (Wildman–Crippen LogP) is 2.29. The third kappa shape index (κ3) is 3.15. The number of carbonyl (C=O) groups is 2. The van der Waals surface area contributed by atoms with E-state index < -0.39 is 12.1 Å². The molecule has 4 nitrogen and oxygen atoms in total. The fourth-order valence-corrected chi connectivity index (χ4v) is 2.63. The molecule has 1 aromatic rings. The largest absolute Gasteiger partial charge is 0.342 e. The van der Waals surface area contributed by atoms with E-state index in [-0.39, 0.29) is 17.7 Å². The van der Waals surface area contributed by atoms with E-state index in [0.717, 1.165) is 5.56 Å². The van der Waals surface area contributed by atoms with Crippen LogP contribution in [0.25, 0.3) is 0 Å². The van der Waals surface area contributed by atoms with E-state index in [2.05, 4.69) is 11.9 Å². The average Bonchev–Trinajstić information content (AvgIpc) is 2.48. The maximum Gasteiger partial charge on any atom is 0.248 e. The molecule has 0 aliphatic carbocycles. The molecule has 0 bridgehead atoms. The topological polar surface area (TPSA) is 49.4 Å². The molecule has 112 valence electrons. The molecular formula is C17H22N2O2. The summed E-state index contributed by atoms with van der Waals surface area (Å²) in [5.41, 5.74) is 0.842. The number of nitrogens with one attached hydrogen (secondary N) is 1. The van der Waals surface area contributed by atoms with Gasteiger partial charge < -0.3 is 10.2 Å². The molecule has 1 aliphatic rings. The normalized spacial score (nSPS) is 22.3. The molecule has 4 heteroatoms. The van der Waals surface area contributed by atoms with Crippen molar-refractivity contribution in [3.05, 3.63) is 48.6 Å². The summed E-state index contributed by atoms with van der Waals surface area (Å²) in [6, 6.07) is 8.44. The van der Waals surface area contributed by atoms with Crippen molar-refractivity contribution < 1.29 is 9.59 Å². The van der Waals surface area contributed by atoms with Gasteiger partial charge in [-0.1, -0.05) is 50.3 Å². The maximum absolute atomic E-state index is 12.7. The van der Waals surface area contributed by atoms with E-state index in [9.17, 15) is 9.59 Å². The van der Waals surface area contributed by atoms with Crippen molar-refractivity contribution in [1.29, 1.82) is 0 Å². The summed E-state index contributed by atoms with van der Waals surface area (Å²) in [5.74, 6) is -0.0479. The summed E-state index contributed by atoms with van der Waals surface area (Å²) in [6.45, 7) is 8.10. The first-order chi connectivity index (χ1) is 10.1. The summed E-state index contributed by atoms with van der Waals surface area (Å²) in [7, 11) is 0. The summed E-state index contributed by atoms with van der Waals surface area (Å²) in [4.78, 5) is 26.9. The van der Waals surface area contributed by atoms with Crippen LogP contribution in [-0.4, -0.2) is 29.3 Å². The summed E-state index contributed by atoms with van der Waals surface area (Å²) in [6.07, 6.45) is 2.44. The molecule has 1 N–H and O–H groups in total. The quantitative estimate of drug-likeness (QED) is 0.844. The lowest BCUT2D eigenvalue weighted by Crippen LogP contribution is -2.61. The second kappa shape index (κ2) is 6.57. The highest BCUT2D eigenvalue weighted by Crippen LogP contribution is 2.27. The van der Waals surface area contributed by atoms with Crippen LogP contribution in [0.1, 0.15) is 31.9 Å². The molecular weight excluding hydrogens is 264 g/mol. The third-order valence-electron chi connectivity index (χ3n) is 3.76. The van der Waals surface area contributed by atoms with Crippen molar-refractivity contribution in [2.45, 2.75) is 32.4 Å². The van der Waals surface area contributed by atoms with Gasteiger partial charge in [0, 0.05) is 6.54 Å². The molecule has 21 heavy (non-hydrogen) atoms. The zero-order valence-corrected chi connectivity index (χ0v) is 12.6. The molecule has 1 aliphatic heterocycles. The minimum atomic E-state index is -0.548. The SMILES string of the molecule is C=CCCN1C(=O)C(C(C)C)NC(=O)C1c1ccccc1.